The summed E-state index contributed by atoms with van der Waals surface area (Å²) in [4.78, 5) is 10.4. The minimum atomic E-state index is -1.36. The van der Waals surface area contributed by atoms with Gasteiger partial charge in [0, 0.05) is 12.3 Å². The van der Waals surface area contributed by atoms with Crippen molar-refractivity contribution in [2.24, 2.45) is 0 Å². The van der Waals surface area contributed by atoms with Crippen molar-refractivity contribution < 1.29 is 9.13 Å². The fourth-order valence-electron chi connectivity index (χ4n) is 1.41. The van der Waals surface area contributed by atoms with Crippen LogP contribution in [-0.4, -0.2) is 30.2 Å². The van der Waals surface area contributed by atoms with E-state index in [1.807, 2.05) is 0 Å². The highest BCUT2D eigenvalue weighted by Gasteiger charge is 2.18. The Morgan fingerprint density at radius 2 is 2.12 bits per heavy atom. The van der Waals surface area contributed by atoms with Crippen LogP contribution >= 0.6 is 0 Å². The summed E-state index contributed by atoms with van der Waals surface area (Å²) in [5.74, 6) is 0. The summed E-state index contributed by atoms with van der Waals surface area (Å²) < 4.78 is 12.8. The number of aromatic nitrogens is 3. The first-order valence-electron chi connectivity index (χ1n) is 4.58. The van der Waals surface area contributed by atoms with Gasteiger partial charge in [-0.3, -0.25) is 18.9 Å². The normalized spacial score (nSPS) is 12.3. The maximum absolute atomic E-state index is 11.4. The van der Waals surface area contributed by atoms with Crippen molar-refractivity contribution in [3.05, 3.63) is 40.7 Å². The van der Waals surface area contributed by atoms with Crippen LogP contribution in [0, 0.1) is 10.1 Å². The summed E-state index contributed by atoms with van der Waals surface area (Å²) in [5.41, 5.74) is 0.215. The molecule has 1 unspecified atom stereocenters. The Balaban J connectivity index is 2.64. The van der Waals surface area contributed by atoms with E-state index >= 15 is 0 Å². The molecule has 0 bridgehead atoms. The van der Waals surface area contributed by atoms with Crippen molar-refractivity contribution in [3.8, 4) is 5.69 Å². The van der Waals surface area contributed by atoms with Gasteiger partial charge in [-0.2, -0.15) is 0 Å². The molecule has 17 heavy (non-hydrogen) atoms. The summed E-state index contributed by atoms with van der Waals surface area (Å²) in [5, 5.41) is 18.4. The van der Waals surface area contributed by atoms with Gasteiger partial charge in [-0.25, -0.2) is 0 Å². The third-order valence-electron chi connectivity index (χ3n) is 2.11. The number of hydrogen-bond acceptors (Lipinski definition) is 5. The zero-order chi connectivity index (χ0) is 12.4. The molecule has 88 valence electrons. The first-order chi connectivity index (χ1) is 8.11. The zero-order valence-electron chi connectivity index (χ0n) is 8.81. The number of nitro benzene ring substituents is 1. The van der Waals surface area contributed by atoms with E-state index in [0.717, 1.165) is 0 Å². The molecule has 0 saturated carbocycles. The fourth-order valence-corrected chi connectivity index (χ4v) is 1.99. The van der Waals surface area contributed by atoms with E-state index < -0.39 is 15.7 Å². The van der Waals surface area contributed by atoms with Crippen molar-refractivity contribution in [2.75, 3.05) is 6.26 Å². The molecule has 1 aromatic heterocycles. The lowest BCUT2D eigenvalue weighted by Crippen LogP contribution is -2.04. The second-order valence-corrected chi connectivity index (χ2v) is 4.46. The highest BCUT2D eigenvalue weighted by molar-refractivity contribution is 7.84. The Bertz CT molecular complexity index is 595. The van der Waals surface area contributed by atoms with Crippen LogP contribution in [0.25, 0.3) is 5.69 Å². The third-order valence-corrected chi connectivity index (χ3v) is 2.90. The molecule has 0 aliphatic carbocycles. The Labute approximate surface area is 98.7 Å². The van der Waals surface area contributed by atoms with Gasteiger partial charge in [-0.1, -0.05) is 12.1 Å². The highest BCUT2D eigenvalue weighted by Crippen LogP contribution is 2.23. The van der Waals surface area contributed by atoms with Gasteiger partial charge >= 0.3 is 0 Å². The van der Waals surface area contributed by atoms with Crippen molar-refractivity contribution >= 4 is 16.5 Å². The number of rotatable bonds is 3. The van der Waals surface area contributed by atoms with E-state index in [-0.39, 0.29) is 10.8 Å². The van der Waals surface area contributed by atoms with Crippen LogP contribution in [0.15, 0.2) is 35.7 Å². The van der Waals surface area contributed by atoms with Gasteiger partial charge in [-0.05, 0) is 6.07 Å². The van der Waals surface area contributed by atoms with Crippen LogP contribution in [0.4, 0.5) is 5.69 Å². The van der Waals surface area contributed by atoms with E-state index in [1.165, 1.54) is 23.2 Å². The molecule has 2 rings (SSSR count). The highest BCUT2D eigenvalue weighted by atomic mass is 32.2. The van der Waals surface area contributed by atoms with Gasteiger partial charge in [0.2, 0.25) is 5.16 Å². The van der Waals surface area contributed by atoms with Gasteiger partial charge in [0.1, 0.15) is 12.0 Å². The minimum Gasteiger partial charge on any atom is -0.268 e. The molecule has 7 nitrogen and oxygen atoms in total. The van der Waals surface area contributed by atoms with Crippen molar-refractivity contribution in [1.82, 2.24) is 14.8 Å². The van der Waals surface area contributed by atoms with E-state index in [2.05, 4.69) is 10.2 Å². The smallest absolute Gasteiger partial charge is 0.268 e. The Kier molecular flexibility index (Phi) is 2.96. The first-order valence-corrected chi connectivity index (χ1v) is 6.14. The summed E-state index contributed by atoms with van der Waals surface area (Å²) >= 11 is 0. The molecule has 0 saturated heterocycles. The molecule has 0 radical (unpaired) electrons. The molecule has 1 atom stereocenters. The van der Waals surface area contributed by atoms with E-state index in [0.29, 0.717) is 5.69 Å². The van der Waals surface area contributed by atoms with E-state index in [1.54, 1.807) is 18.2 Å². The van der Waals surface area contributed by atoms with Gasteiger partial charge in [0.15, 0.2) is 0 Å². The maximum atomic E-state index is 11.4. The van der Waals surface area contributed by atoms with Gasteiger partial charge in [-0.15, -0.1) is 10.2 Å². The Morgan fingerprint density at radius 3 is 2.76 bits per heavy atom. The third kappa shape index (κ3) is 2.07. The van der Waals surface area contributed by atoms with Crippen LogP contribution in [0.2, 0.25) is 0 Å². The van der Waals surface area contributed by atoms with Crippen LogP contribution in [0.1, 0.15) is 0 Å². The molecule has 0 N–H and O–H groups in total. The number of benzene rings is 1. The summed E-state index contributed by atoms with van der Waals surface area (Å²) in [6.07, 6.45) is 2.74. The van der Waals surface area contributed by atoms with Crippen molar-refractivity contribution in [2.45, 2.75) is 5.16 Å². The molecular weight excluding hydrogens is 244 g/mol. The fraction of sp³-hybridized carbons (Fsp3) is 0.111. The van der Waals surface area contributed by atoms with E-state index in [9.17, 15) is 14.3 Å². The predicted molar refractivity (Wildman–Crippen MR) is 60.3 cm³/mol. The SMILES string of the molecule is CS(=O)c1nncn1-c1ccccc1[N+](=O)[O-]. The van der Waals surface area contributed by atoms with Crippen LogP contribution < -0.4 is 0 Å². The van der Waals surface area contributed by atoms with Crippen LogP contribution in [0.3, 0.4) is 0 Å². The number of para-hydroxylation sites is 2. The molecule has 0 aliphatic heterocycles. The van der Waals surface area contributed by atoms with E-state index in [4.69, 9.17) is 0 Å². The molecule has 0 amide bonds. The quantitative estimate of drug-likeness (QED) is 0.598. The van der Waals surface area contributed by atoms with Gasteiger partial charge < -0.3 is 0 Å². The van der Waals surface area contributed by atoms with Crippen LogP contribution in [-0.2, 0) is 10.8 Å². The second-order valence-electron chi connectivity index (χ2n) is 3.18. The number of nitro groups is 1. The molecular formula is C9H8N4O3S. The molecule has 0 spiro atoms. The second kappa shape index (κ2) is 4.42. The summed E-state index contributed by atoms with van der Waals surface area (Å²) in [6, 6.07) is 6.15. The molecule has 1 aromatic carbocycles. The monoisotopic (exact) mass is 252 g/mol. The van der Waals surface area contributed by atoms with Gasteiger partial charge in [0.25, 0.3) is 5.69 Å². The standard InChI is InChI=1S/C9H8N4O3S/c1-17(16)9-11-10-6-12(9)7-4-2-3-5-8(7)13(14)15/h2-6H,1H3. The predicted octanol–water partition coefficient (Wildman–Crippen LogP) is 0.913. The lowest BCUT2D eigenvalue weighted by atomic mass is 10.3. The topological polar surface area (TPSA) is 90.9 Å². The number of nitrogens with zero attached hydrogens (tertiary/aromatic N) is 4. The maximum Gasteiger partial charge on any atom is 0.293 e. The average molecular weight is 252 g/mol. The average Bonchev–Trinajstić information content (AvgIpc) is 2.77. The molecule has 8 heteroatoms. The van der Waals surface area contributed by atoms with Crippen molar-refractivity contribution in [1.29, 1.82) is 0 Å². The van der Waals surface area contributed by atoms with Crippen molar-refractivity contribution in [3.63, 3.8) is 0 Å². The summed E-state index contributed by atoms with van der Waals surface area (Å²) in [6.45, 7) is 0. The Hall–Kier alpha value is -2.09. The minimum absolute atomic E-state index is 0.0843. The van der Waals surface area contributed by atoms with Crippen LogP contribution in [0.5, 0.6) is 0 Å². The number of hydrogen-bond donors (Lipinski definition) is 0. The zero-order valence-corrected chi connectivity index (χ0v) is 9.63. The molecule has 0 aliphatic rings. The largest absolute Gasteiger partial charge is 0.293 e. The lowest BCUT2D eigenvalue weighted by molar-refractivity contribution is -0.384. The van der Waals surface area contributed by atoms with Gasteiger partial charge in [0.05, 0.1) is 15.7 Å². The summed E-state index contributed by atoms with van der Waals surface area (Å²) in [7, 11) is -1.36. The lowest BCUT2D eigenvalue weighted by Gasteiger charge is -2.04. The molecule has 1 heterocycles. The molecule has 2 aromatic rings. The molecule has 0 fully saturated rings. The first kappa shape index (κ1) is 11.4. The Morgan fingerprint density at radius 1 is 1.41 bits per heavy atom.